The highest BCUT2D eigenvalue weighted by Crippen LogP contribution is 2.31. The van der Waals surface area contributed by atoms with Crippen molar-refractivity contribution in [1.29, 1.82) is 0 Å². The first-order valence-corrected chi connectivity index (χ1v) is 5.80. The van der Waals surface area contributed by atoms with E-state index in [1.165, 1.54) is 12.8 Å². The molecular formula is C11H18N4O2. The van der Waals surface area contributed by atoms with Gasteiger partial charge in [-0.1, -0.05) is 19.1 Å². The number of rotatable bonds is 5. The standard InChI is InChI=1S/C11H18N4O2/c1-11(2,9(12)10(16)17)8-6-15(14-13-8)5-7-3-4-7/h6-7,9H,3-5,12H2,1-2H3,(H,16,17). The van der Waals surface area contributed by atoms with Crippen molar-refractivity contribution in [1.82, 2.24) is 15.0 Å². The molecule has 1 aliphatic rings. The van der Waals surface area contributed by atoms with Gasteiger partial charge in [0.25, 0.3) is 0 Å². The summed E-state index contributed by atoms with van der Waals surface area (Å²) in [7, 11) is 0. The molecule has 1 aromatic heterocycles. The predicted molar refractivity (Wildman–Crippen MR) is 61.4 cm³/mol. The first kappa shape index (κ1) is 12.0. The lowest BCUT2D eigenvalue weighted by molar-refractivity contribution is -0.140. The van der Waals surface area contributed by atoms with Crippen molar-refractivity contribution < 1.29 is 9.90 Å². The number of hydrogen-bond acceptors (Lipinski definition) is 4. The number of aromatic nitrogens is 3. The van der Waals surface area contributed by atoms with Crippen LogP contribution < -0.4 is 5.73 Å². The molecule has 0 spiro atoms. The first-order chi connectivity index (χ1) is 7.91. The fourth-order valence-corrected chi connectivity index (χ4v) is 1.72. The maximum Gasteiger partial charge on any atom is 0.321 e. The van der Waals surface area contributed by atoms with E-state index in [4.69, 9.17) is 10.8 Å². The Labute approximate surface area is 99.8 Å². The number of nitrogens with two attached hydrogens (primary N) is 1. The summed E-state index contributed by atoms with van der Waals surface area (Å²) in [6.45, 7) is 4.42. The first-order valence-electron chi connectivity index (χ1n) is 5.80. The Morgan fingerprint density at radius 1 is 1.71 bits per heavy atom. The molecule has 6 heteroatoms. The average Bonchev–Trinajstić information content (AvgIpc) is 2.92. The lowest BCUT2D eigenvalue weighted by Gasteiger charge is -2.25. The summed E-state index contributed by atoms with van der Waals surface area (Å²) in [4.78, 5) is 10.9. The molecule has 1 aromatic rings. The number of nitrogens with zero attached hydrogens (tertiary/aromatic N) is 3. The zero-order chi connectivity index (χ0) is 12.6. The summed E-state index contributed by atoms with van der Waals surface area (Å²) in [5.74, 6) is -0.312. The topological polar surface area (TPSA) is 94.0 Å². The van der Waals surface area contributed by atoms with Crippen LogP contribution in [0.25, 0.3) is 0 Å². The number of carboxylic acid groups (broad SMARTS) is 1. The van der Waals surface area contributed by atoms with Gasteiger partial charge in [-0.25, -0.2) is 0 Å². The Hall–Kier alpha value is -1.43. The minimum Gasteiger partial charge on any atom is -0.480 e. The van der Waals surface area contributed by atoms with Crippen LogP contribution in [0.2, 0.25) is 0 Å². The molecule has 0 bridgehead atoms. The molecule has 1 unspecified atom stereocenters. The fraction of sp³-hybridized carbons (Fsp3) is 0.727. The van der Waals surface area contributed by atoms with Crippen LogP contribution in [-0.4, -0.2) is 32.1 Å². The highest BCUT2D eigenvalue weighted by Gasteiger charge is 2.36. The quantitative estimate of drug-likeness (QED) is 0.773. The van der Waals surface area contributed by atoms with E-state index in [9.17, 15) is 4.79 Å². The second-order valence-electron chi connectivity index (χ2n) is 5.31. The summed E-state index contributed by atoms with van der Waals surface area (Å²) in [6, 6.07) is -0.978. The third kappa shape index (κ3) is 2.46. The molecule has 2 rings (SSSR count). The third-order valence-electron chi connectivity index (χ3n) is 3.38. The van der Waals surface area contributed by atoms with Crippen LogP contribution in [0, 0.1) is 5.92 Å². The molecule has 0 amide bonds. The smallest absolute Gasteiger partial charge is 0.321 e. The number of carboxylic acids is 1. The SMILES string of the molecule is CC(C)(c1cn(CC2CC2)nn1)C(N)C(=O)O. The molecule has 0 radical (unpaired) electrons. The largest absolute Gasteiger partial charge is 0.480 e. The van der Waals surface area contributed by atoms with E-state index in [1.54, 1.807) is 24.7 Å². The number of aliphatic carboxylic acids is 1. The molecule has 1 heterocycles. The van der Waals surface area contributed by atoms with Gasteiger partial charge in [-0.05, 0) is 18.8 Å². The van der Waals surface area contributed by atoms with Crippen LogP contribution in [0.1, 0.15) is 32.4 Å². The molecular weight excluding hydrogens is 220 g/mol. The van der Waals surface area contributed by atoms with E-state index in [1.807, 2.05) is 0 Å². The molecule has 1 atom stereocenters. The molecule has 0 aliphatic heterocycles. The van der Waals surface area contributed by atoms with Gasteiger partial charge in [-0.15, -0.1) is 5.10 Å². The maximum absolute atomic E-state index is 10.9. The van der Waals surface area contributed by atoms with Crippen LogP contribution in [0.3, 0.4) is 0 Å². The maximum atomic E-state index is 10.9. The van der Waals surface area contributed by atoms with Crippen molar-refractivity contribution in [3.63, 3.8) is 0 Å². The van der Waals surface area contributed by atoms with Gasteiger partial charge in [0.05, 0.1) is 5.69 Å². The second-order valence-corrected chi connectivity index (χ2v) is 5.31. The van der Waals surface area contributed by atoms with Crippen molar-refractivity contribution >= 4 is 5.97 Å². The van der Waals surface area contributed by atoms with Crippen molar-refractivity contribution in [3.05, 3.63) is 11.9 Å². The lowest BCUT2D eigenvalue weighted by Crippen LogP contribution is -2.47. The van der Waals surface area contributed by atoms with Crippen molar-refractivity contribution in [2.75, 3.05) is 0 Å². The summed E-state index contributed by atoms with van der Waals surface area (Å²) in [5, 5.41) is 17.0. The van der Waals surface area contributed by atoms with E-state index in [-0.39, 0.29) is 0 Å². The second kappa shape index (κ2) is 4.10. The van der Waals surface area contributed by atoms with Gasteiger partial charge in [-0.3, -0.25) is 9.48 Å². The Balaban J connectivity index is 2.14. The summed E-state index contributed by atoms with van der Waals surface area (Å²) < 4.78 is 1.78. The molecule has 1 saturated carbocycles. The van der Waals surface area contributed by atoms with Crippen molar-refractivity contribution in [3.8, 4) is 0 Å². The summed E-state index contributed by atoms with van der Waals surface area (Å²) >= 11 is 0. The highest BCUT2D eigenvalue weighted by atomic mass is 16.4. The molecule has 94 valence electrons. The van der Waals surface area contributed by atoms with Gasteiger partial charge in [0.2, 0.25) is 0 Å². The van der Waals surface area contributed by atoms with Crippen LogP contribution >= 0.6 is 0 Å². The van der Waals surface area contributed by atoms with E-state index in [0.717, 1.165) is 6.54 Å². The van der Waals surface area contributed by atoms with E-state index in [2.05, 4.69) is 10.3 Å². The number of hydrogen-bond donors (Lipinski definition) is 2. The van der Waals surface area contributed by atoms with Crippen LogP contribution in [0.5, 0.6) is 0 Å². The molecule has 1 fully saturated rings. The minimum absolute atomic E-state index is 0.632. The van der Waals surface area contributed by atoms with E-state index < -0.39 is 17.4 Å². The molecule has 1 aliphatic carbocycles. The fourth-order valence-electron chi connectivity index (χ4n) is 1.72. The Morgan fingerprint density at radius 3 is 2.88 bits per heavy atom. The highest BCUT2D eigenvalue weighted by molar-refractivity contribution is 5.75. The van der Waals surface area contributed by atoms with Crippen LogP contribution in [0.15, 0.2) is 6.20 Å². The zero-order valence-electron chi connectivity index (χ0n) is 10.1. The average molecular weight is 238 g/mol. The Bertz CT molecular complexity index is 423. The van der Waals surface area contributed by atoms with Gasteiger partial charge in [0.1, 0.15) is 6.04 Å². The minimum atomic E-state index is -1.02. The van der Waals surface area contributed by atoms with Gasteiger partial charge in [0, 0.05) is 18.2 Å². The summed E-state index contributed by atoms with van der Waals surface area (Å²) in [5.41, 5.74) is 5.59. The molecule has 17 heavy (non-hydrogen) atoms. The molecule has 0 saturated heterocycles. The Morgan fingerprint density at radius 2 is 2.35 bits per heavy atom. The van der Waals surface area contributed by atoms with Crippen molar-refractivity contribution in [2.45, 2.75) is 44.7 Å². The molecule has 6 nitrogen and oxygen atoms in total. The zero-order valence-corrected chi connectivity index (χ0v) is 10.1. The van der Waals surface area contributed by atoms with Crippen LogP contribution in [-0.2, 0) is 16.8 Å². The van der Waals surface area contributed by atoms with E-state index >= 15 is 0 Å². The van der Waals surface area contributed by atoms with Gasteiger partial charge < -0.3 is 10.8 Å². The Kier molecular flexibility index (Phi) is 2.91. The van der Waals surface area contributed by atoms with Crippen LogP contribution in [0.4, 0.5) is 0 Å². The normalized spacial score (nSPS) is 18.1. The molecule has 3 N–H and O–H groups in total. The predicted octanol–water partition coefficient (Wildman–Crippen LogP) is 0.378. The van der Waals surface area contributed by atoms with E-state index in [0.29, 0.717) is 11.6 Å². The van der Waals surface area contributed by atoms with Gasteiger partial charge in [0.15, 0.2) is 0 Å². The number of carbonyl (C=O) groups is 1. The van der Waals surface area contributed by atoms with Crippen molar-refractivity contribution in [2.24, 2.45) is 11.7 Å². The monoisotopic (exact) mass is 238 g/mol. The third-order valence-corrected chi connectivity index (χ3v) is 3.38. The molecule has 0 aromatic carbocycles. The lowest BCUT2D eigenvalue weighted by atomic mass is 9.82. The van der Waals surface area contributed by atoms with Gasteiger partial charge >= 0.3 is 5.97 Å². The van der Waals surface area contributed by atoms with Gasteiger partial charge in [-0.2, -0.15) is 0 Å². The summed E-state index contributed by atoms with van der Waals surface area (Å²) in [6.07, 6.45) is 4.29.